The molecule has 0 amide bonds. The fourth-order valence-corrected chi connectivity index (χ4v) is 2.54. The van der Waals surface area contributed by atoms with Crippen LogP contribution in [-0.2, 0) is 4.74 Å². The van der Waals surface area contributed by atoms with Crippen LogP contribution in [0, 0.1) is 6.92 Å². The van der Waals surface area contributed by atoms with Crippen LogP contribution in [0.25, 0.3) is 0 Å². The normalized spacial score (nSPS) is 20.3. The van der Waals surface area contributed by atoms with Crippen molar-refractivity contribution in [2.75, 3.05) is 26.8 Å². The van der Waals surface area contributed by atoms with Crippen molar-refractivity contribution in [3.63, 3.8) is 0 Å². The number of methoxy groups -OCH3 is 1. The lowest BCUT2D eigenvalue weighted by Crippen LogP contribution is -2.33. The number of halogens is 1. The zero-order chi connectivity index (χ0) is 12.4. The monoisotopic (exact) mass is 301 g/mol. The molecule has 0 radical (unpaired) electrons. The lowest BCUT2D eigenvalue weighted by molar-refractivity contribution is 0.0256. The third-order valence-electron chi connectivity index (χ3n) is 2.89. The van der Waals surface area contributed by atoms with Gasteiger partial charge < -0.3 is 19.9 Å². The number of hydrogen-bond acceptors (Lipinski definition) is 4. The van der Waals surface area contributed by atoms with Gasteiger partial charge in [0.2, 0.25) is 0 Å². The molecule has 94 valence electrons. The highest BCUT2D eigenvalue weighted by atomic mass is 79.9. The van der Waals surface area contributed by atoms with E-state index in [4.69, 9.17) is 9.47 Å². The molecule has 1 heterocycles. The maximum Gasteiger partial charge on any atom is 0.164 e. The van der Waals surface area contributed by atoms with Crippen LogP contribution >= 0.6 is 15.9 Å². The van der Waals surface area contributed by atoms with Gasteiger partial charge in [-0.15, -0.1) is 0 Å². The van der Waals surface area contributed by atoms with Crippen LogP contribution in [-0.4, -0.2) is 31.9 Å². The average molecular weight is 302 g/mol. The number of aromatic hydroxyl groups is 1. The Morgan fingerprint density at radius 1 is 1.59 bits per heavy atom. The quantitative estimate of drug-likeness (QED) is 0.879. The van der Waals surface area contributed by atoms with Crippen molar-refractivity contribution in [1.82, 2.24) is 5.32 Å². The molecule has 2 rings (SSSR count). The van der Waals surface area contributed by atoms with Crippen LogP contribution in [0.4, 0.5) is 0 Å². The SMILES string of the molecule is COc1cc(C)c(Br)c(C2CNCCO2)c1O. The highest BCUT2D eigenvalue weighted by molar-refractivity contribution is 9.10. The number of aryl methyl sites for hydroxylation is 1. The van der Waals surface area contributed by atoms with Crippen molar-refractivity contribution < 1.29 is 14.6 Å². The number of nitrogens with one attached hydrogen (secondary N) is 1. The Bertz CT molecular complexity index is 417. The van der Waals surface area contributed by atoms with Crippen molar-refractivity contribution in [2.24, 2.45) is 0 Å². The maximum absolute atomic E-state index is 10.2. The Hall–Kier alpha value is -0.780. The second-order valence-electron chi connectivity index (χ2n) is 4.04. The molecule has 5 heteroatoms. The summed E-state index contributed by atoms with van der Waals surface area (Å²) in [6.07, 6.45) is -0.146. The molecular formula is C12H16BrNO3. The number of hydrogen-bond donors (Lipinski definition) is 2. The molecule has 4 nitrogen and oxygen atoms in total. The van der Waals surface area contributed by atoms with Gasteiger partial charge >= 0.3 is 0 Å². The molecule has 1 aromatic carbocycles. The number of benzene rings is 1. The van der Waals surface area contributed by atoms with E-state index in [1.807, 2.05) is 6.92 Å². The fourth-order valence-electron chi connectivity index (χ4n) is 1.98. The van der Waals surface area contributed by atoms with Gasteiger partial charge in [0, 0.05) is 23.1 Å². The Kier molecular flexibility index (Phi) is 3.91. The van der Waals surface area contributed by atoms with E-state index in [1.165, 1.54) is 0 Å². The Balaban J connectivity index is 2.46. The first-order valence-corrected chi connectivity index (χ1v) is 6.32. The van der Waals surface area contributed by atoms with Gasteiger partial charge in [0.05, 0.1) is 19.8 Å². The predicted molar refractivity (Wildman–Crippen MR) is 68.7 cm³/mol. The van der Waals surface area contributed by atoms with Crippen molar-refractivity contribution in [2.45, 2.75) is 13.0 Å². The van der Waals surface area contributed by atoms with Crippen LogP contribution in [0.2, 0.25) is 0 Å². The number of phenols is 1. The molecule has 1 aliphatic heterocycles. The van der Waals surface area contributed by atoms with Gasteiger partial charge in [-0.2, -0.15) is 0 Å². The van der Waals surface area contributed by atoms with E-state index in [9.17, 15) is 5.11 Å². The summed E-state index contributed by atoms with van der Waals surface area (Å²) in [5.74, 6) is 0.633. The average Bonchev–Trinajstić information content (AvgIpc) is 2.35. The predicted octanol–water partition coefficient (Wildman–Crippen LogP) is 2.13. The third-order valence-corrected chi connectivity index (χ3v) is 3.94. The van der Waals surface area contributed by atoms with E-state index in [-0.39, 0.29) is 11.9 Å². The summed E-state index contributed by atoms with van der Waals surface area (Å²) in [6.45, 7) is 4.15. The van der Waals surface area contributed by atoms with Gasteiger partial charge in [-0.25, -0.2) is 0 Å². The van der Waals surface area contributed by atoms with Gasteiger partial charge in [-0.1, -0.05) is 0 Å². The van der Waals surface area contributed by atoms with Gasteiger partial charge in [0.1, 0.15) is 0 Å². The fraction of sp³-hybridized carbons (Fsp3) is 0.500. The van der Waals surface area contributed by atoms with E-state index in [2.05, 4.69) is 21.2 Å². The third kappa shape index (κ3) is 2.41. The molecule has 1 saturated heterocycles. The first kappa shape index (κ1) is 12.7. The minimum atomic E-state index is -0.146. The van der Waals surface area contributed by atoms with E-state index in [1.54, 1.807) is 13.2 Å². The molecule has 1 aliphatic rings. The molecule has 0 bridgehead atoms. The number of morpholine rings is 1. The Morgan fingerprint density at radius 3 is 2.94 bits per heavy atom. The minimum absolute atomic E-state index is 0.146. The van der Waals surface area contributed by atoms with Crippen LogP contribution in [0.3, 0.4) is 0 Å². The van der Waals surface area contributed by atoms with Crippen molar-refractivity contribution in [3.05, 3.63) is 21.7 Å². The van der Waals surface area contributed by atoms with Gasteiger partial charge in [-0.3, -0.25) is 0 Å². The second-order valence-corrected chi connectivity index (χ2v) is 4.83. The number of ether oxygens (including phenoxy) is 2. The molecule has 17 heavy (non-hydrogen) atoms. The minimum Gasteiger partial charge on any atom is -0.504 e. The lowest BCUT2D eigenvalue weighted by Gasteiger charge is -2.26. The summed E-state index contributed by atoms with van der Waals surface area (Å²) < 4.78 is 11.7. The zero-order valence-corrected chi connectivity index (χ0v) is 11.5. The summed E-state index contributed by atoms with van der Waals surface area (Å²) in [7, 11) is 1.55. The van der Waals surface area contributed by atoms with E-state index < -0.39 is 0 Å². The molecule has 2 N–H and O–H groups in total. The molecule has 0 spiro atoms. The first-order chi connectivity index (χ1) is 8.15. The van der Waals surface area contributed by atoms with Crippen LogP contribution < -0.4 is 10.1 Å². The largest absolute Gasteiger partial charge is 0.504 e. The Morgan fingerprint density at radius 2 is 2.35 bits per heavy atom. The summed E-state index contributed by atoms with van der Waals surface area (Å²) in [6, 6.07) is 1.80. The summed E-state index contributed by atoms with van der Waals surface area (Å²) in [5, 5.41) is 13.4. The van der Waals surface area contributed by atoms with Crippen molar-refractivity contribution in [3.8, 4) is 11.5 Å². The number of rotatable bonds is 2. The van der Waals surface area contributed by atoms with Gasteiger partial charge in [0.25, 0.3) is 0 Å². The van der Waals surface area contributed by atoms with E-state index >= 15 is 0 Å². The van der Waals surface area contributed by atoms with Crippen LogP contribution in [0.15, 0.2) is 10.5 Å². The topological polar surface area (TPSA) is 50.7 Å². The lowest BCUT2D eigenvalue weighted by atomic mass is 10.0. The molecule has 1 atom stereocenters. The molecule has 0 saturated carbocycles. The smallest absolute Gasteiger partial charge is 0.164 e. The Labute approximate surface area is 109 Å². The molecule has 1 unspecified atom stereocenters. The van der Waals surface area contributed by atoms with Gasteiger partial charge in [0.15, 0.2) is 11.5 Å². The molecular weight excluding hydrogens is 286 g/mol. The standard InChI is InChI=1S/C12H16BrNO3/c1-7-5-8(16-2)12(15)10(11(7)13)9-6-14-3-4-17-9/h5,9,14-15H,3-4,6H2,1-2H3. The maximum atomic E-state index is 10.2. The van der Waals surface area contributed by atoms with Crippen molar-refractivity contribution >= 4 is 15.9 Å². The van der Waals surface area contributed by atoms with E-state index in [0.717, 1.165) is 22.1 Å². The summed E-state index contributed by atoms with van der Waals surface area (Å²) in [4.78, 5) is 0. The second kappa shape index (κ2) is 5.25. The molecule has 1 fully saturated rings. The zero-order valence-electron chi connectivity index (χ0n) is 9.92. The number of phenolic OH excluding ortho intramolecular Hbond substituents is 1. The van der Waals surface area contributed by atoms with E-state index in [0.29, 0.717) is 18.9 Å². The molecule has 1 aromatic rings. The molecule has 0 aliphatic carbocycles. The van der Waals surface area contributed by atoms with Crippen molar-refractivity contribution in [1.29, 1.82) is 0 Å². The highest BCUT2D eigenvalue weighted by Crippen LogP contribution is 2.42. The summed E-state index contributed by atoms with van der Waals surface area (Å²) in [5.41, 5.74) is 1.78. The highest BCUT2D eigenvalue weighted by Gasteiger charge is 2.25. The van der Waals surface area contributed by atoms with Crippen LogP contribution in [0.1, 0.15) is 17.2 Å². The van der Waals surface area contributed by atoms with Crippen LogP contribution in [0.5, 0.6) is 11.5 Å². The first-order valence-electron chi connectivity index (χ1n) is 5.53. The molecule has 0 aromatic heterocycles. The summed E-state index contributed by atoms with van der Waals surface area (Å²) >= 11 is 3.51. The van der Waals surface area contributed by atoms with Gasteiger partial charge in [-0.05, 0) is 34.5 Å².